The average Bonchev–Trinajstić information content (AvgIpc) is 3.29. The minimum Gasteiger partial charge on any atom is -0.467 e. The normalized spacial score (nSPS) is 10.9. The van der Waals surface area contributed by atoms with Gasteiger partial charge in [-0.15, -0.1) is 10.2 Å². The molecule has 2 aromatic carbocycles. The Bertz CT molecular complexity index is 1050. The van der Waals surface area contributed by atoms with Gasteiger partial charge in [0.1, 0.15) is 10.1 Å². The van der Waals surface area contributed by atoms with Crippen LogP contribution in [0, 0.1) is 0 Å². The number of thiazole rings is 1. The summed E-state index contributed by atoms with van der Waals surface area (Å²) in [5, 5.41) is 18.6. The highest BCUT2D eigenvalue weighted by Crippen LogP contribution is 2.37. The van der Waals surface area contributed by atoms with Crippen LogP contribution in [0.1, 0.15) is 0 Å². The van der Waals surface area contributed by atoms with Gasteiger partial charge in [0.2, 0.25) is 5.16 Å². The minimum absolute atomic E-state index is 0.421. The van der Waals surface area contributed by atoms with Crippen LogP contribution in [0.5, 0.6) is 5.75 Å². The summed E-state index contributed by atoms with van der Waals surface area (Å²) in [6.45, 7) is -0.421. The molecule has 0 unspecified atom stereocenters. The van der Waals surface area contributed by atoms with Crippen molar-refractivity contribution in [1.29, 1.82) is 0 Å². The van der Waals surface area contributed by atoms with Gasteiger partial charge in [-0.3, -0.25) is 4.57 Å². The molecule has 0 saturated carbocycles. The van der Waals surface area contributed by atoms with Gasteiger partial charge < -0.3 is 9.84 Å². The highest BCUT2D eigenvalue weighted by Gasteiger charge is 2.20. The molecular weight excluding hydrogens is 404 g/mol. The van der Waals surface area contributed by atoms with Gasteiger partial charge in [-0.05, 0) is 36.0 Å². The van der Waals surface area contributed by atoms with E-state index in [1.807, 2.05) is 53.1 Å². The summed E-state index contributed by atoms with van der Waals surface area (Å²) in [7, 11) is 0. The number of aromatic nitrogens is 4. The number of aliphatic hydroxyl groups is 1. The van der Waals surface area contributed by atoms with Crippen LogP contribution in [0.15, 0.2) is 70.3 Å². The third kappa shape index (κ3) is 3.84. The average molecular weight is 417 g/mol. The van der Waals surface area contributed by atoms with Crippen LogP contribution >= 0.6 is 34.7 Å². The summed E-state index contributed by atoms with van der Waals surface area (Å²) in [6, 6.07) is 17.2. The van der Waals surface area contributed by atoms with Gasteiger partial charge >= 0.3 is 0 Å². The van der Waals surface area contributed by atoms with Crippen molar-refractivity contribution in [2.45, 2.75) is 9.50 Å². The number of para-hydroxylation sites is 2. The summed E-state index contributed by atoms with van der Waals surface area (Å²) >= 11 is 8.77. The van der Waals surface area contributed by atoms with E-state index in [4.69, 9.17) is 16.3 Å². The van der Waals surface area contributed by atoms with E-state index in [0.717, 1.165) is 15.6 Å². The highest BCUT2D eigenvalue weighted by molar-refractivity contribution is 8.00. The fraction of sp³-hybridized carbons (Fsp3) is 0.0556. The van der Waals surface area contributed by atoms with Crippen LogP contribution in [0.25, 0.3) is 17.1 Å². The van der Waals surface area contributed by atoms with Gasteiger partial charge in [-0.2, -0.15) is 0 Å². The van der Waals surface area contributed by atoms with E-state index in [1.165, 1.54) is 23.1 Å². The first-order chi connectivity index (χ1) is 13.3. The summed E-state index contributed by atoms with van der Waals surface area (Å²) in [5.74, 6) is 1.13. The van der Waals surface area contributed by atoms with Crippen LogP contribution in [-0.2, 0) is 0 Å². The maximum absolute atomic E-state index is 9.19. The lowest BCUT2D eigenvalue weighted by Crippen LogP contribution is -2.02. The predicted molar refractivity (Wildman–Crippen MR) is 106 cm³/mol. The number of aliphatic hydroxyl groups excluding tert-OH is 1. The smallest absolute Gasteiger partial charge is 0.203 e. The van der Waals surface area contributed by atoms with Crippen molar-refractivity contribution >= 4 is 34.7 Å². The zero-order valence-electron chi connectivity index (χ0n) is 13.8. The second kappa shape index (κ2) is 8.10. The van der Waals surface area contributed by atoms with Crippen LogP contribution in [0.3, 0.4) is 0 Å². The molecule has 0 fully saturated rings. The molecule has 2 aromatic heterocycles. The molecule has 9 heteroatoms. The number of ether oxygens (including phenoxy) is 1. The van der Waals surface area contributed by atoms with Crippen molar-refractivity contribution in [3.63, 3.8) is 0 Å². The van der Waals surface area contributed by atoms with Crippen LogP contribution in [0.2, 0.25) is 4.34 Å². The Labute approximate surface area is 168 Å². The molecule has 4 rings (SSSR count). The summed E-state index contributed by atoms with van der Waals surface area (Å²) in [6.07, 6.45) is 1.61. The Morgan fingerprint density at radius 1 is 1.07 bits per heavy atom. The fourth-order valence-electron chi connectivity index (χ4n) is 2.53. The first kappa shape index (κ1) is 18.0. The molecule has 0 atom stereocenters. The van der Waals surface area contributed by atoms with E-state index in [2.05, 4.69) is 15.2 Å². The van der Waals surface area contributed by atoms with Crippen molar-refractivity contribution in [1.82, 2.24) is 19.7 Å². The van der Waals surface area contributed by atoms with Gasteiger partial charge in [0.25, 0.3) is 0 Å². The molecule has 1 N–H and O–H groups in total. The van der Waals surface area contributed by atoms with Gasteiger partial charge in [0.05, 0.1) is 11.8 Å². The van der Waals surface area contributed by atoms with Gasteiger partial charge in [0.15, 0.2) is 17.0 Å². The van der Waals surface area contributed by atoms with Gasteiger partial charge in [-0.1, -0.05) is 53.3 Å². The molecule has 0 radical (unpaired) electrons. The van der Waals surface area contributed by atoms with E-state index in [0.29, 0.717) is 21.1 Å². The second-order valence-electron chi connectivity index (χ2n) is 5.28. The zero-order valence-corrected chi connectivity index (χ0v) is 16.2. The van der Waals surface area contributed by atoms with Gasteiger partial charge in [0, 0.05) is 5.69 Å². The molecule has 0 saturated heterocycles. The molecule has 4 aromatic rings. The van der Waals surface area contributed by atoms with Crippen molar-refractivity contribution < 1.29 is 9.84 Å². The molecule has 0 bridgehead atoms. The minimum atomic E-state index is -0.421. The van der Waals surface area contributed by atoms with E-state index in [-0.39, 0.29) is 0 Å². The molecule has 0 spiro atoms. The topological polar surface area (TPSA) is 73.1 Å². The maximum Gasteiger partial charge on any atom is 0.203 e. The lowest BCUT2D eigenvalue weighted by atomic mass is 10.2. The summed E-state index contributed by atoms with van der Waals surface area (Å²) in [5.41, 5.74) is 1.63. The molecule has 6 nitrogen and oxygen atoms in total. The number of hydrogen-bond acceptors (Lipinski definition) is 7. The summed E-state index contributed by atoms with van der Waals surface area (Å²) < 4.78 is 8.67. The lowest BCUT2D eigenvalue weighted by Gasteiger charge is -2.12. The number of halogens is 1. The number of nitrogens with zero attached hydrogens (tertiary/aromatic N) is 4. The van der Waals surface area contributed by atoms with E-state index < -0.39 is 6.79 Å². The third-order valence-electron chi connectivity index (χ3n) is 3.63. The molecule has 0 aliphatic carbocycles. The molecule has 2 heterocycles. The standard InChI is InChI=1S/C18H13ClN4O2S2/c19-15-10-20-18(26-15)27-17-22-21-16(23(17)12-6-2-1-3-7-12)13-8-4-5-9-14(13)25-11-24/h1-10,24H,11H2. The molecule has 0 amide bonds. The number of benzene rings is 2. The van der Waals surface area contributed by atoms with E-state index in [1.54, 1.807) is 12.3 Å². The van der Waals surface area contributed by atoms with Crippen LogP contribution < -0.4 is 4.74 Å². The van der Waals surface area contributed by atoms with Gasteiger partial charge in [-0.25, -0.2) is 4.98 Å². The quantitative estimate of drug-likeness (QED) is 0.466. The first-order valence-electron chi connectivity index (χ1n) is 7.89. The van der Waals surface area contributed by atoms with Crippen molar-refractivity contribution in [3.8, 4) is 22.8 Å². The Balaban J connectivity index is 1.85. The molecule has 27 heavy (non-hydrogen) atoms. The van der Waals surface area contributed by atoms with Crippen LogP contribution in [0.4, 0.5) is 0 Å². The van der Waals surface area contributed by atoms with Crippen molar-refractivity contribution in [2.75, 3.05) is 6.79 Å². The SMILES string of the molecule is OCOc1ccccc1-c1nnc(Sc2ncc(Cl)s2)n1-c1ccccc1. The fourth-order valence-corrected chi connectivity index (χ4v) is 4.60. The largest absolute Gasteiger partial charge is 0.467 e. The zero-order chi connectivity index (χ0) is 18.6. The number of hydrogen-bond donors (Lipinski definition) is 1. The third-order valence-corrected chi connectivity index (χ3v) is 5.77. The first-order valence-corrected chi connectivity index (χ1v) is 9.90. The Morgan fingerprint density at radius 3 is 2.59 bits per heavy atom. The van der Waals surface area contributed by atoms with E-state index >= 15 is 0 Å². The Hall–Kier alpha value is -2.39. The molecule has 136 valence electrons. The second-order valence-corrected chi connectivity index (χ2v) is 8.16. The maximum atomic E-state index is 9.19. The predicted octanol–water partition coefficient (Wildman–Crippen LogP) is 4.52. The lowest BCUT2D eigenvalue weighted by molar-refractivity contribution is 0.0990. The monoisotopic (exact) mass is 416 g/mol. The van der Waals surface area contributed by atoms with E-state index in [9.17, 15) is 5.11 Å². The molecular formula is C18H13ClN4O2S2. The Kier molecular flexibility index (Phi) is 5.40. The molecule has 0 aliphatic rings. The van der Waals surface area contributed by atoms with Crippen molar-refractivity contribution in [2.24, 2.45) is 0 Å². The highest BCUT2D eigenvalue weighted by atomic mass is 35.5. The Morgan fingerprint density at radius 2 is 1.85 bits per heavy atom. The number of rotatable bonds is 6. The summed E-state index contributed by atoms with van der Waals surface area (Å²) in [4.78, 5) is 4.29. The van der Waals surface area contributed by atoms with Crippen molar-refractivity contribution in [3.05, 3.63) is 65.1 Å². The van der Waals surface area contributed by atoms with Crippen LogP contribution in [-0.4, -0.2) is 31.6 Å². The molecule has 0 aliphatic heterocycles.